The van der Waals surface area contributed by atoms with E-state index in [4.69, 9.17) is 10.00 Å². The number of piperazine rings is 1. The molecular weight excluding hydrogens is 366 g/mol. The number of benzene rings is 1. The lowest BCUT2D eigenvalue weighted by molar-refractivity contribution is -0.137. The van der Waals surface area contributed by atoms with Gasteiger partial charge in [0.15, 0.2) is 0 Å². The Morgan fingerprint density at radius 3 is 2.42 bits per heavy atom. The molecule has 1 aromatic rings. The summed E-state index contributed by atoms with van der Waals surface area (Å²) in [6.45, 7) is 3.09. The van der Waals surface area contributed by atoms with Crippen molar-refractivity contribution in [1.82, 2.24) is 10.2 Å². The number of rotatable bonds is 4. The summed E-state index contributed by atoms with van der Waals surface area (Å²) in [4.78, 5) is 2.10. The number of hydrogen-bond acceptors (Lipinski definition) is 4. The molecule has 24 heavy (non-hydrogen) atoms. The van der Waals surface area contributed by atoms with Crippen LogP contribution in [0, 0.1) is 11.3 Å². The zero-order valence-corrected chi connectivity index (χ0v) is 14.7. The van der Waals surface area contributed by atoms with Crippen LogP contribution in [-0.2, 0) is 6.18 Å². The SMILES string of the molecule is COc1cc(C(F)(F)F)ccc1[C@@H](CC#N)N1CCNCC1.Cl.Cl. The van der Waals surface area contributed by atoms with E-state index in [9.17, 15) is 13.2 Å². The Morgan fingerprint density at radius 2 is 1.92 bits per heavy atom. The van der Waals surface area contributed by atoms with Crippen molar-refractivity contribution in [2.45, 2.75) is 18.6 Å². The third-order valence-corrected chi connectivity index (χ3v) is 3.80. The highest BCUT2D eigenvalue weighted by molar-refractivity contribution is 5.85. The molecule has 136 valence electrons. The van der Waals surface area contributed by atoms with Gasteiger partial charge in [0.25, 0.3) is 0 Å². The van der Waals surface area contributed by atoms with Crippen LogP contribution in [0.1, 0.15) is 23.6 Å². The first-order chi connectivity index (χ1) is 10.5. The lowest BCUT2D eigenvalue weighted by Gasteiger charge is -2.34. The number of methoxy groups -OCH3 is 1. The van der Waals surface area contributed by atoms with Gasteiger partial charge < -0.3 is 10.1 Å². The number of hydrogen-bond donors (Lipinski definition) is 1. The van der Waals surface area contributed by atoms with E-state index in [0.29, 0.717) is 5.56 Å². The molecule has 4 nitrogen and oxygen atoms in total. The van der Waals surface area contributed by atoms with E-state index < -0.39 is 11.7 Å². The van der Waals surface area contributed by atoms with Crippen molar-refractivity contribution in [3.05, 3.63) is 29.3 Å². The van der Waals surface area contributed by atoms with Crippen LogP contribution in [0.4, 0.5) is 13.2 Å². The third kappa shape index (κ3) is 5.42. The van der Waals surface area contributed by atoms with Gasteiger partial charge in [0.05, 0.1) is 31.2 Å². The summed E-state index contributed by atoms with van der Waals surface area (Å²) in [5.74, 6) is 0.175. The predicted octanol–water partition coefficient (Wildman–Crippen LogP) is 3.42. The van der Waals surface area contributed by atoms with E-state index in [-0.39, 0.29) is 43.0 Å². The quantitative estimate of drug-likeness (QED) is 0.862. The van der Waals surface area contributed by atoms with Crippen LogP contribution in [0.3, 0.4) is 0 Å². The Hall–Kier alpha value is -1.20. The second-order valence-electron chi connectivity index (χ2n) is 5.12. The Balaban J connectivity index is 0.00000264. The molecule has 9 heteroatoms. The van der Waals surface area contributed by atoms with E-state index in [1.54, 1.807) is 0 Å². The lowest BCUT2D eigenvalue weighted by atomic mass is 9.98. The summed E-state index contributed by atoms with van der Waals surface area (Å²) < 4.78 is 43.6. The Morgan fingerprint density at radius 1 is 1.29 bits per heavy atom. The highest BCUT2D eigenvalue weighted by Gasteiger charge is 2.32. The van der Waals surface area contributed by atoms with Gasteiger partial charge in [0.1, 0.15) is 5.75 Å². The van der Waals surface area contributed by atoms with Crippen molar-refractivity contribution < 1.29 is 17.9 Å². The van der Waals surface area contributed by atoms with Crippen LogP contribution in [0.15, 0.2) is 18.2 Å². The van der Waals surface area contributed by atoms with Crippen molar-refractivity contribution in [1.29, 1.82) is 5.26 Å². The fraction of sp³-hybridized carbons (Fsp3) is 0.533. The van der Waals surface area contributed by atoms with E-state index in [1.165, 1.54) is 13.2 Å². The second kappa shape index (κ2) is 9.94. The van der Waals surface area contributed by atoms with Crippen LogP contribution in [-0.4, -0.2) is 38.2 Å². The number of nitrogens with one attached hydrogen (secondary N) is 1. The number of alkyl halides is 3. The van der Waals surface area contributed by atoms with Crippen molar-refractivity contribution in [2.75, 3.05) is 33.3 Å². The normalized spacial score (nSPS) is 16.3. The summed E-state index contributed by atoms with van der Waals surface area (Å²) in [7, 11) is 1.35. The van der Waals surface area contributed by atoms with Crippen molar-refractivity contribution >= 4 is 24.8 Å². The fourth-order valence-corrected chi connectivity index (χ4v) is 2.68. The molecule has 0 bridgehead atoms. The maximum absolute atomic E-state index is 12.8. The summed E-state index contributed by atoms with van der Waals surface area (Å²) in [5, 5.41) is 12.3. The van der Waals surface area contributed by atoms with Gasteiger partial charge in [-0.05, 0) is 12.1 Å². The van der Waals surface area contributed by atoms with Crippen LogP contribution < -0.4 is 10.1 Å². The highest BCUT2D eigenvalue weighted by atomic mass is 35.5. The van der Waals surface area contributed by atoms with Gasteiger partial charge in [-0.2, -0.15) is 18.4 Å². The number of halogens is 5. The minimum Gasteiger partial charge on any atom is -0.496 e. The molecule has 1 heterocycles. The van der Waals surface area contributed by atoms with Gasteiger partial charge >= 0.3 is 6.18 Å². The standard InChI is InChI=1S/C15H18F3N3O.2ClH/c1-22-14-10-11(15(16,17)18)2-3-12(14)13(4-5-19)21-8-6-20-7-9-21;;/h2-3,10,13,20H,4,6-9H2,1H3;2*1H/t13-;;/m1../s1. The first-order valence-electron chi connectivity index (χ1n) is 7.04. The summed E-state index contributed by atoms with van der Waals surface area (Å²) >= 11 is 0. The zero-order valence-electron chi connectivity index (χ0n) is 13.1. The molecule has 0 aliphatic carbocycles. The molecule has 0 saturated carbocycles. The van der Waals surface area contributed by atoms with Gasteiger partial charge in [-0.3, -0.25) is 4.90 Å². The van der Waals surface area contributed by atoms with Gasteiger partial charge in [-0.25, -0.2) is 0 Å². The smallest absolute Gasteiger partial charge is 0.416 e. The molecule has 0 amide bonds. The van der Waals surface area contributed by atoms with E-state index in [1.807, 2.05) is 0 Å². The number of nitrogens with zero attached hydrogens (tertiary/aromatic N) is 2. The second-order valence-corrected chi connectivity index (χ2v) is 5.12. The molecule has 1 aliphatic heterocycles. The molecule has 1 aromatic carbocycles. The molecule has 2 rings (SSSR count). The van der Waals surface area contributed by atoms with Crippen LogP contribution >= 0.6 is 24.8 Å². The first-order valence-corrected chi connectivity index (χ1v) is 7.04. The van der Waals surface area contributed by atoms with Gasteiger partial charge in [0.2, 0.25) is 0 Å². The zero-order chi connectivity index (χ0) is 16.2. The molecule has 1 fully saturated rings. The average Bonchev–Trinajstić information content (AvgIpc) is 2.52. The average molecular weight is 386 g/mol. The third-order valence-electron chi connectivity index (χ3n) is 3.80. The van der Waals surface area contributed by atoms with Crippen molar-refractivity contribution in [3.8, 4) is 11.8 Å². The Labute approximate surface area is 151 Å². The molecule has 1 aliphatic rings. The first kappa shape index (κ1) is 22.8. The summed E-state index contributed by atoms with van der Waals surface area (Å²) in [6, 6.07) is 5.33. The van der Waals surface area contributed by atoms with Crippen LogP contribution in [0.2, 0.25) is 0 Å². The highest BCUT2D eigenvalue weighted by Crippen LogP contribution is 2.37. The topological polar surface area (TPSA) is 48.3 Å². The number of ether oxygens (including phenoxy) is 1. The van der Waals surface area contributed by atoms with Crippen molar-refractivity contribution in [3.63, 3.8) is 0 Å². The van der Waals surface area contributed by atoms with E-state index >= 15 is 0 Å². The molecule has 1 atom stereocenters. The molecule has 0 spiro atoms. The largest absolute Gasteiger partial charge is 0.496 e. The van der Waals surface area contributed by atoms with Gasteiger partial charge in [-0.1, -0.05) is 6.07 Å². The van der Waals surface area contributed by atoms with Crippen molar-refractivity contribution in [2.24, 2.45) is 0 Å². The molecule has 0 radical (unpaired) electrons. The molecule has 0 unspecified atom stereocenters. The Bertz CT molecular complexity index is 558. The minimum atomic E-state index is -4.41. The monoisotopic (exact) mass is 385 g/mol. The molecular formula is C15H20Cl2F3N3O. The summed E-state index contributed by atoms with van der Waals surface area (Å²) in [5.41, 5.74) is -0.122. The predicted molar refractivity (Wildman–Crippen MR) is 89.9 cm³/mol. The lowest BCUT2D eigenvalue weighted by Crippen LogP contribution is -2.45. The van der Waals surface area contributed by atoms with Gasteiger partial charge in [-0.15, -0.1) is 24.8 Å². The summed E-state index contributed by atoms with van der Waals surface area (Å²) in [6.07, 6.45) is -4.20. The maximum atomic E-state index is 12.8. The number of nitriles is 1. The fourth-order valence-electron chi connectivity index (χ4n) is 2.68. The van der Waals surface area contributed by atoms with E-state index in [0.717, 1.165) is 38.3 Å². The van der Waals surface area contributed by atoms with E-state index in [2.05, 4.69) is 16.3 Å². The molecule has 1 N–H and O–H groups in total. The minimum absolute atomic E-state index is 0. The van der Waals surface area contributed by atoms with Gasteiger partial charge in [0, 0.05) is 31.7 Å². The van der Waals surface area contributed by atoms with Crippen LogP contribution in [0.5, 0.6) is 5.75 Å². The molecule has 1 saturated heterocycles. The molecule has 0 aromatic heterocycles. The maximum Gasteiger partial charge on any atom is 0.416 e. The Kier molecular flexibility index (Phi) is 9.45. The van der Waals surface area contributed by atoms with Crippen LogP contribution in [0.25, 0.3) is 0 Å².